The Morgan fingerprint density at radius 2 is 1.67 bits per heavy atom. The van der Waals surface area contributed by atoms with Crippen molar-refractivity contribution in [1.29, 1.82) is 0 Å². The highest BCUT2D eigenvalue weighted by Gasteiger charge is 2.41. The smallest absolute Gasteiger partial charge is 0.286 e. The van der Waals surface area contributed by atoms with Crippen molar-refractivity contribution in [1.82, 2.24) is 9.62 Å². The monoisotopic (exact) mass is 600 g/mol. The first-order valence-corrected chi connectivity index (χ1v) is 15.9. The summed E-state index contributed by atoms with van der Waals surface area (Å²) in [4.78, 5) is 13.4. The summed E-state index contributed by atoms with van der Waals surface area (Å²) in [6, 6.07) is 13.9. The summed E-state index contributed by atoms with van der Waals surface area (Å²) in [5, 5.41) is 12.8. The standard InChI is InChI=1S/C31H40N2O8S/c1-38-25-7-5-22(6-8-25)24-19-29(31(35)32-28-18-21-3-4-23(28)17-21)41-30(20-24)40-16-14-33(13-15-34)42(36,37)27-11-9-26(39-2)10-12-27/h5-12,19,21,23-24,28,30,34H,3-4,13-18,20H2,1-2H3,(H,32,35)/t21?,23?,24-,28?,30+/m0/s1. The molecule has 1 amide bonds. The fourth-order valence-electron chi connectivity index (χ4n) is 6.31. The topological polar surface area (TPSA) is 124 Å². The number of amides is 1. The zero-order chi connectivity index (χ0) is 29.7. The molecule has 2 aliphatic carbocycles. The molecule has 2 aromatic rings. The Morgan fingerprint density at radius 3 is 2.26 bits per heavy atom. The molecular weight excluding hydrogens is 560 g/mol. The predicted octanol–water partition coefficient (Wildman–Crippen LogP) is 3.42. The van der Waals surface area contributed by atoms with E-state index in [1.165, 1.54) is 36.4 Å². The van der Waals surface area contributed by atoms with Crippen LogP contribution in [0.3, 0.4) is 0 Å². The lowest BCUT2D eigenvalue weighted by Gasteiger charge is -2.31. The van der Waals surface area contributed by atoms with E-state index in [-0.39, 0.29) is 54.8 Å². The van der Waals surface area contributed by atoms with Gasteiger partial charge in [0.15, 0.2) is 5.76 Å². The van der Waals surface area contributed by atoms with Gasteiger partial charge in [0.05, 0.1) is 32.3 Å². The molecule has 10 nitrogen and oxygen atoms in total. The summed E-state index contributed by atoms with van der Waals surface area (Å²) in [6.45, 7) is -0.422. The van der Waals surface area contributed by atoms with Crippen LogP contribution in [0.15, 0.2) is 65.3 Å². The SMILES string of the molecule is COc1ccc([C@H]2C=C(C(=O)NC3CC4CCC3C4)O[C@@H](OCCN(CCO)S(=O)(=O)c3ccc(OC)cc3)C2)cc1. The zero-order valence-corrected chi connectivity index (χ0v) is 24.9. The highest BCUT2D eigenvalue weighted by Crippen LogP contribution is 2.44. The second-order valence-corrected chi connectivity index (χ2v) is 13.1. The molecule has 42 heavy (non-hydrogen) atoms. The van der Waals surface area contributed by atoms with Crippen molar-refractivity contribution in [2.75, 3.05) is 40.5 Å². The Bertz CT molecular complexity index is 1350. The maximum absolute atomic E-state index is 13.4. The number of methoxy groups -OCH3 is 2. The highest BCUT2D eigenvalue weighted by atomic mass is 32.2. The van der Waals surface area contributed by atoms with E-state index in [1.807, 2.05) is 30.3 Å². The van der Waals surface area contributed by atoms with Crippen LogP contribution in [0.25, 0.3) is 0 Å². The van der Waals surface area contributed by atoms with Crippen LogP contribution in [-0.4, -0.2) is 76.6 Å². The molecular formula is C31H40N2O8S. The lowest BCUT2D eigenvalue weighted by molar-refractivity contribution is -0.147. The number of fused-ring (bicyclic) bond motifs is 2. The molecule has 2 bridgehead atoms. The number of aliphatic hydroxyl groups is 1. The van der Waals surface area contributed by atoms with Gasteiger partial charge in [-0.15, -0.1) is 0 Å². The van der Waals surface area contributed by atoms with Crippen molar-refractivity contribution in [3.8, 4) is 11.5 Å². The number of hydrogen-bond donors (Lipinski definition) is 2. The van der Waals surface area contributed by atoms with Crippen LogP contribution in [0, 0.1) is 11.8 Å². The second-order valence-electron chi connectivity index (χ2n) is 11.1. The van der Waals surface area contributed by atoms with Gasteiger partial charge in [-0.25, -0.2) is 8.42 Å². The van der Waals surface area contributed by atoms with Gasteiger partial charge in [0, 0.05) is 31.5 Å². The Morgan fingerprint density at radius 1 is 0.976 bits per heavy atom. The van der Waals surface area contributed by atoms with E-state index in [0.29, 0.717) is 24.0 Å². The molecule has 1 heterocycles. The van der Waals surface area contributed by atoms with E-state index < -0.39 is 16.3 Å². The van der Waals surface area contributed by atoms with Crippen LogP contribution in [0.2, 0.25) is 0 Å². The van der Waals surface area contributed by atoms with E-state index in [4.69, 9.17) is 18.9 Å². The molecule has 0 aromatic heterocycles. The Labute approximate surface area is 247 Å². The largest absolute Gasteiger partial charge is 0.497 e. The number of rotatable bonds is 13. The van der Waals surface area contributed by atoms with Crippen molar-refractivity contribution in [2.24, 2.45) is 11.8 Å². The summed E-state index contributed by atoms with van der Waals surface area (Å²) in [6.07, 6.45) is 6.11. The van der Waals surface area contributed by atoms with Crippen molar-refractivity contribution in [3.05, 3.63) is 65.9 Å². The first-order chi connectivity index (χ1) is 20.3. The number of carbonyl (C=O) groups is 1. The van der Waals surface area contributed by atoms with Crippen LogP contribution in [0.1, 0.15) is 43.6 Å². The van der Waals surface area contributed by atoms with Gasteiger partial charge in [-0.05, 0) is 79.1 Å². The summed E-state index contributed by atoms with van der Waals surface area (Å²) in [5.41, 5.74) is 0.988. The van der Waals surface area contributed by atoms with Crippen LogP contribution >= 0.6 is 0 Å². The van der Waals surface area contributed by atoms with Crippen molar-refractivity contribution >= 4 is 15.9 Å². The number of allylic oxidation sites excluding steroid dienone is 1. The van der Waals surface area contributed by atoms with Gasteiger partial charge < -0.3 is 29.4 Å². The number of sulfonamides is 1. The molecule has 0 radical (unpaired) electrons. The minimum absolute atomic E-state index is 0.00162. The molecule has 228 valence electrons. The quantitative estimate of drug-likeness (QED) is 0.359. The minimum Gasteiger partial charge on any atom is -0.497 e. The lowest BCUT2D eigenvalue weighted by Crippen LogP contribution is -2.41. The van der Waals surface area contributed by atoms with Crippen molar-refractivity contribution in [3.63, 3.8) is 0 Å². The summed E-state index contributed by atoms with van der Waals surface area (Å²) >= 11 is 0. The third-order valence-corrected chi connectivity index (χ3v) is 10.5. The molecule has 2 aromatic carbocycles. The molecule has 2 fully saturated rings. The number of nitrogens with one attached hydrogen (secondary N) is 1. The Balaban J connectivity index is 1.27. The molecule has 2 saturated carbocycles. The number of benzene rings is 2. The average Bonchev–Trinajstić information content (AvgIpc) is 3.64. The molecule has 2 N–H and O–H groups in total. The van der Waals surface area contributed by atoms with Gasteiger partial charge in [-0.2, -0.15) is 4.31 Å². The number of ether oxygens (including phenoxy) is 4. The van der Waals surface area contributed by atoms with Crippen LogP contribution in [-0.2, 0) is 24.3 Å². The first-order valence-electron chi connectivity index (χ1n) is 14.5. The zero-order valence-electron chi connectivity index (χ0n) is 24.1. The number of nitrogens with zero attached hydrogens (tertiary/aromatic N) is 1. The molecule has 0 spiro atoms. The van der Waals surface area contributed by atoms with E-state index in [0.717, 1.165) is 24.2 Å². The number of aliphatic hydroxyl groups excluding tert-OH is 1. The normalized spacial score (nSPS) is 25.1. The van der Waals surface area contributed by atoms with Gasteiger partial charge in [0.1, 0.15) is 11.5 Å². The van der Waals surface area contributed by atoms with Gasteiger partial charge >= 0.3 is 0 Å². The number of hydrogen-bond acceptors (Lipinski definition) is 8. The molecule has 0 saturated heterocycles. The second kappa shape index (κ2) is 13.5. The molecule has 1 aliphatic heterocycles. The fraction of sp³-hybridized carbons (Fsp3) is 0.516. The maximum atomic E-state index is 13.4. The summed E-state index contributed by atoms with van der Waals surface area (Å²) in [5.74, 6) is 2.32. The highest BCUT2D eigenvalue weighted by molar-refractivity contribution is 7.89. The first kappa shape index (κ1) is 30.3. The van der Waals surface area contributed by atoms with Gasteiger partial charge in [0.2, 0.25) is 16.3 Å². The maximum Gasteiger partial charge on any atom is 0.286 e. The van der Waals surface area contributed by atoms with Gasteiger partial charge in [0.25, 0.3) is 5.91 Å². The van der Waals surface area contributed by atoms with Gasteiger partial charge in [-0.3, -0.25) is 4.79 Å². The molecule has 3 aliphatic rings. The average molecular weight is 601 g/mol. The Kier molecular flexibility index (Phi) is 9.72. The van der Waals surface area contributed by atoms with E-state index in [1.54, 1.807) is 19.2 Å². The third-order valence-electron chi connectivity index (χ3n) is 8.57. The fourth-order valence-corrected chi connectivity index (χ4v) is 7.72. The van der Waals surface area contributed by atoms with Crippen molar-refractivity contribution < 1.29 is 37.3 Å². The van der Waals surface area contributed by atoms with E-state index in [2.05, 4.69) is 5.32 Å². The van der Waals surface area contributed by atoms with E-state index >= 15 is 0 Å². The van der Waals surface area contributed by atoms with Crippen LogP contribution < -0.4 is 14.8 Å². The molecule has 11 heteroatoms. The van der Waals surface area contributed by atoms with Crippen LogP contribution in [0.4, 0.5) is 0 Å². The summed E-state index contributed by atoms with van der Waals surface area (Å²) < 4.78 is 50.2. The third kappa shape index (κ3) is 6.91. The Hall–Kier alpha value is -3.12. The summed E-state index contributed by atoms with van der Waals surface area (Å²) in [7, 11) is -0.765. The minimum atomic E-state index is -3.88. The number of carbonyl (C=O) groups excluding carboxylic acids is 1. The molecule has 5 rings (SSSR count). The lowest BCUT2D eigenvalue weighted by atomic mass is 9.92. The predicted molar refractivity (Wildman–Crippen MR) is 155 cm³/mol. The van der Waals surface area contributed by atoms with Crippen LogP contribution in [0.5, 0.6) is 11.5 Å². The molecule has 3 unspecified atom stereocenters. The van der Waals surface area contributed by atoms with E-state index in [9.17, 15) is 18.3 Å². The van der Waals surface area contributed by atoms with Crippen molar-refractivity contribution in [2.45, 2.75) is 55.2 Å². The molecule has 5 atom stereocenters. The van der Waals surface area contributed by atoms with Gasteiger partial charge in [-0.1, -0.05) is 18.6 Å².